The van der Waals surface area contributed by atoms with E-state index in [4.69, 9.17) is 0 Å². The summed E-state index contributed by atoms with van der Waals surface area (Å²) in [5, 5.41) is 6.24. The molecule has 0 atom stereocenters. The normalized spacial score (nSPS) is 10.9. The van der Waals surface area contributed by atoms with Crippen molar-refractivity contribution in [3.8, 4) is 10.7 Å². The maximum atomic E-state index is 11.0. The highest BCUT2D eigenvalue weighted by molar-refractivity contribution is 7.15. The van der Waals surface area contributed by atoms with Crippen molar-refractivity contribution in [1.29, 1.82) is 0 Å². The molecule has 3 aromatic heterocycles. The number of nitrogens with zero attached hydrogens (tertiary/aromatic N) is 3. The summed E-state index contributed by atoms with van der Waals surface area (Å²) in [6.45, 7) is 2.55. The van der Waals surface area contributed by atoms with Crippen LogP contribution in [-0.2, 0) is 6.54 Å². The van der Waals surface area contributed by atoms with Gasteiger partial charge in [0.2, 0.25) is 0 Å². The van der Waals surface area contributed by atoms with Gasteiger partial charge in [-0.1, -0.05) is 0 Å². The molecule has 0 amide bonds. The van der Waals surface area contributed by atoms with Gasteiger partial charge >= 0.3 is 5.69 Å². The van der Waals surface area contributed by atoms with Gasteiger partial charge in [-0.2, -0.15) is 5.10 Å². The lowest BCUT2D eigenvalue weighted by Gasteiger charge is -2.03. The molecular weight excluding hydrogens is 250 g/mol. The topological polar surface area (TPSA) is 79.4 Å². The van der Waals surface area contributed by atoms with Gasteiger partial charge in [0.25, 0.3) is 0 Å². The number of rotatable bonds is 3. The van der Waals surface area contributed by atoms with Crippen molar-refractivity contribution in [2.24, 2.45) is 0 Å². The zero-order chi connectivity index (χ0) is 12.5. The van der Waals surface area contributed by atoms with Crippen LogP contribution in [0.2, 0.25) is 0 Å². The molecule has 0 saturated carbocycles. The van der Waals surface area contributed by atoms with Gasteiger partial charge in [-0.25, -0.2) is 14.9 Å². The van der Waals surface area contributed by atoms with Crippen LogP contribution in [0.15, 0.2) is 29.3 Å². The number of aryl methyl sites for hydroxylation is 1. The summed E-state index contributed by atoms with van der Waals surface area (Å²) in [6.07, 6.45) is 3.62. The smallest absolute Gasteiger partial charge is 0.323 e. The highest BCUT2D eigenvalue weighted by Crippen LogP contribution is 2.26. The van der Waals surface area contributed by atoms with Crippen LogP contribution in [-0.4, -0.2) is 24.7 Å². The average molecular weight is 261 g/mol. The minimum Gasteiger partial charge on any atom is -0.323 e. The minimum absolute atomic E-state index is 0.293. The number of thiophene rings is 1. The molecule has 0 aliphatic carbocycles. The molecule has 0 aliphatic rings. The Kier molecular flexibility index (Phi) is 2.60. The minimum atomic E-state index is -0.293. The Labute approximate surface area is 106 Å². The van der Waals surface area contributed by atoms with E-state index in [2.05, 4.69) is 33.2 Å². The van der Waals surface area contributed by atoms with E-state index in [9.17, 15) is 4.79 Å². The van der Waals surface area contributed by atoms with Crippen LogP contribution < -0.4 is 5.69 Å². The van der Waals surface area contributed by atoms with E-state index >= 15 is 0 Å². The Hall–Kier alpha value is -2.15. The molecule has 18 heavy (non-hydrogen) atoms. The lowest BCUT2D eigenvalue weighted by atomic mass is 10.4. The molecule has 3 aromatic rings. The molecule has 92 valence electrons. The molecular formula is C11H11N5OS. The van der Waals surface area contributed by atoms with E-state index in [1.807, 2.05) is 16.8 Å². The SMILES string of the molecule is Cc1ccc(-c2nccn2Cc2n[nH]c(=O)[nH]2)s1. The zero-order valence-corrected chi connectivity index (χ0v) is 10.5. The van der Waals surface area contributed by atoms with Gasteiger partial charge < -0.3 is 4.57 Å². The Bertz CT molecular complexity index is 719. The fourth-order valence-corrected chi connectivity index (χ4v) is 2.64. The van der Waals surface area contributed by atoms with Crippen LogP contribution in [0.25, 0.3) is 10.7 Å². The first-order chi connectivity index (χ1) is 8.72. The van der Waals surface area contributed by atoms with Gasteiger partial charge in [-0.15, -0.1) is 11.3 Å². The maximum absolute atomic E-state index is 11.0. The molecule has 0 unspecified atom stereocenters. The Morgan fingerprint density at radius 1 is 1.44 bits per heavy atom. The Balaban J connectivity index is 1.94. The first kappa shape index (κ1) is 11.0. The standard InChI is InChI=1S/C11H11N5OS/c1-7-2-3-8(18-7)10-12-4-5-16(10)6-9-13-11(17)15-14-9/h2-5H,6H2,1H3,(H2,13,14,15,17). The highest BCUT2D eigenvalue weighted by atomic mass is 32.1. The van der Waals surface area contributed by atoms with Crippen LogP contribution in [0, 0.1) is 6.92 Å². The lowest BCUT2D eigenvalue weighted by Crippen LogP contribution is -2.05. The monoisotopic (exact) mass is 261 g/mol. The fraction of sp³-hybridized carbons (Fsp3) is 0.182. The summed E-state index contributed by atoms with van der Waals surface area (Å²) >= 11 is 1.69. The first-order valence-corrected chi connectivity index (χ1v) is 6.25. The van der Waals surface area contributed by atoms with E-state index in [0.717, 1.165) is 10.7 Å². The zero-order valence-electron chi connectivity index (χ0n) is 9.67. The number of hydrogen-bond donors (Lipinski definition) is 2. The molecule has 0 fully saturated rings. The van der Waals surface area contributed by atoms with Gasteiger partial charge in [0.15, 0.2) is 5.82 Å². The largest absolute Gasteiger partial charge is 0.340 e. The third-order valence-electron chi connectivity index (χ3n) is 2.55. The molecule has 3 rings (SSSR count). The Morgan fingerprint density at radius 2 is 2.33 bits per heavy atom. The van der Waals surface area contributed by atoms with E-state index in [0.29, 0.717) is 12.4 Å². The highest BCUT2D eigenvalue weighted by Gasteiger charge is 2.09. The second kappa shape index (κ2) is 4.26. The lowest BCUT2D eigenvalue weighted by molar-refractivity contribution is 0.756. The summed E-state index contributed by atoms with van der Waals surface area (Å²) in [6, 6.07) is 4.11. The van der Waals surface area contributed by atoms with Crippen LogP contribution in [0.4, 0.5) is 0 Å². The number of hydrogen-bond acceptors (Lipinski definition) is 4. The first-order valence-electron chi connectivity index (χ1n) is 5.44. The van der Waals surface area contributed by atoms with E-state index in [-0.39, 0.29) is 5.69 Å². The Morgan fingerprint density at radius 3 is 3.00 bits per heavy atom. The number of nitrogens with one attached hydrogen (secondary N) is 2. The van der Waals surface area contributed by atoms with Crippen LogP contribution in [0.5, 0.6) is 0 Å². The molecule has 0 saturated heterocycles. The fourth-order valence-electron chi connectivity index (χ4n) is 1.76. The molecule has 0 radical (unpaired) electrons. The van der Waals surface area contributed by atoms with Gasteiger partial charge in [-0.05, 0) is 19.1 Å². The summed E-state index contributed by atoms with van der Waals surface area (Å²) < 4.78 is 1.96. The molecule has 6 nitrogen and oxygen atoms in total. The van der Waals surface area contributed by atoms with Crippen molar-refractivity contribution in [3.05, 3.63) is 45.7 Å². The van der Waals surface area contributed by atoms with Crippen molar-refractivity contribution in [1.82, 2.24) is 24.7 Å². The van der Waals surface area contributed by atoms with Crippen LogP contribution in [0.1, 0.15) is 10.7 Å². The molecule has 0 spiro atoms. The second-order valence-corrected chi connectivity index (χ2v) is 5.20. The van der Waals surface area contributed by atoms with Crippen molar-refractivity contribution in [2.75, 3.05) is 0 Å². The van der Waals surface area contributed by atoms with Crippen molar-refractivity contribution >= 4 is 11.3 Å². The predicted molar refractivity (Wildman–Crippen MR) is 68.6 cm³/mol. The van der Waals surface area contributed by atoms with Gasteiger partial charge in [0, 0.05) is 17.3 Å². The number of aromatic nitrogens is 5. The average Bonchev–Trinajstić information content (AvgIpc) is 3.01. The van der Waals surface area contributed by atoms with E-state index in [1.54, 1.807) is 17.5 Å². The summed E-state index contributed by atoms with van der Waals surface area (Å²) in [7, 11) is 0. The van der Waals surface area contributed by atoms with E-state index < -0.39 is 0 Å². The molecule has 2 N–H and O–H groups in total. The van der Waals surface area contributed by atoms with Gasteiger partial charge in [0.05, 0.1) is 11.4 Å². The third kappa shape index (κ3) is 2.00. The van der Waals surface area contributed by atoms with Crippen molar-refractivity contribution < 1.29 is 0 Å². The third-order valence-corrected chi connectivity index (χ3v) is 3.54. The predicted octanol–water partition coefficient (Wildman–Crippen LogP) is 1.38. The number of aromatic amines is 2. The molecule has 3 heterocycles. The van der Waals surface area contributed by atoms with Gasteiger partial charge in [-0.3, -0.25) is 4.98 Å². The maximum Gasteiger partial charge on any atom is 0.340 e. The summed E-state index contributed by atoms with van der Waals surface area (Å²) in [4.78, 5) is 20.3. The van der Waals surface area contributed by atoms with Crippen molar-refractivity contribution in [3.63, 3.8) is 0 Å². The van der Waals surface area contributed by atoms with E-state index in [1.165, 1.54) is 4.88 Å². The molecule has 0 aromatic carbocycles. The van der Waals surface area contributed by atoms with Gasteiger partial charge in [0.1, 0.15) is 5.82 Å². The van der Waals surface area contributed by atoms with Crippen molar-refractivity contribution in [2.45, 2.75) is 13.5 Å². The summed E-state index contributed by atoms with van der Waals surface area (Å²) in [5.41, 5.74) is -0.293. The molecule has 0 aliphatic heterocycles. The quantitative estimate of drug-likeness (QED) is 0.747. The molecule has 7 heteroatoms. The number of imidazole rings is 1. The summed E-state index contributed by atoms with van der Waals surface area (Å²) in [5.74, 6) is 1.48. The van der Waals surface area contributed by atoms with Crippen LogP contribution in [0.3, 0.4) is 0 Å². The second-order valence-electron chi connectivity index (χ2n) is 3.91. The van der Waals surface area contributed by atoms with Crippen LogP contribution >= 0.6 is 11.3 Å². The number of H-pyrrole nitrogens is 2. The molecule has 0 bridgehead atoms.